The van der Waals surface area contributed by atoms with E-state index in [9.17, 15) is 0 Å². The number of nitrogens with one attached hydrogen (secondary N) is 1. The standard InChI is InChI=1S/C16H18BrN/c1-11-5-7-16(13(3)8-11)18-10-14-6-4-12(2)9-15(14)17/h4-9,18H,10H2,1-3H3. The fourth-order valence-corrected chi connectivity index (χ4v) is 2.63. The summed E-state index contributed by atoms with van der Waals surface area (Å²) in [6.45, 7) is 7.20. The lowest BCUT2D eigenvalue weighted by atomic mass is 10.1. The van der Waals surface area contributed by atoms with Crippen molar-refractivity contribution in [3.05, 3.63) is 63.1 Å². The van der Waals surface area contributed by atoms with Gasteiger partial charge in [0.1, 0.15) is 0 Å². The summed E-state index contributed by atoms with van der Waals surface area (Å²) in [6, 6.07) is 12.9. The van der Waals surface area contributed by atoms with Crippen molar-refractivity contribution in [3.63, 3.8) is 0 Å². The minimum Gasteiger partial charge on any atom is -0.381 e. The predicted octanol–water partition coefficient (Wildman–Crippen LogP) is 4.99. The van der Waals surface area contributed by atoms with Gasteiger partial charge in [-0.25, -0.2) is 0 Å². The Labute approximate surface area is 117 Å². The van der Waals surface area contributed by atoms with Gasteiger partial charge in [0.05, 0.1) is 0 Å². The molecule has 94 valence electrons. The second kappa shape index (κ2) is 5.57. The van der Waals surface area contributed by atoms with Crippen LogP contribution in [0.15, 0.2) is 40.9 Å². The van der Waals surface area contributed by atoms with Gasteiger partial charge in [-0.1, -0.05) is 45.8 Å². The summed E-state index contributed by atoms with van der Waals surface area (Å²) in [7, 11) is 0. The molecule has 0 aliphatic rings. The third-order valence-electron chi connectivity index (χ3n) is 3.06. The number of halogens is 1. The predicted molar refractivity (Wildman–Crippen MR) is 82.1 cm³/mol. The minimum absolute atomic E-state index is 0.838. The Morgan fingerprint density at radius 2 is 1.61 bits per heavy atom. The van der Waals surface area contributed by atoms with Crippen LogP contribution in [0.1, 0.15) is 22.3 Å². The highest BCUT2D eigenvalue weighted by molar-refractivity contribution is 9.10. The van der Waals surface area contributed by atoms with E-state index in [0.717, 1.165) is 6.54 Å². The molecule has 0 aliphatic heterocycles. The first-order chi connectivity index (χ1) is 8.56. The Morgan fingerprint density at radius 3 is 2.28 bits per heavy atom. The summed E-state index contributed by atoms with van der Waals surface area (Å²) >= 11 is 3.61. The molecule has 0 aromatic heterocycles. The summed E-state index contributed by atoms with van der Waals surface area (Å²) in [5.41, 5.74) is 6.35. The van der Waals surface area contributed by atoms with Gasteiger partial charge in [0.2, 0.25) is 0 Å². The number of hydrogen-bond acceptors (Lipinski definition) is 1. The molecule has 2 rings (SSSR count). The quantitative estimate of drug-likeness (QED) is 0.842. The van der Waals surface area contributed by atoms with Crippen molar-refractivity contribution < 1.29 is 0 Å². The SMILES string of the molecule is Cc1ccc(NCc2ccc(C)cc2Br)c(C)c1. The Bertz CT molecular complexity index is 510. The molecule has 2 heteroatoms. The second-order valence-corrected chi connectivity index (χ2v) is 5.62. The van der Waals surface area contributed by atoms with E-state index >= 15 is 0 Å². The largest absolute Gasteiger partial charge is 0.381 e. The molecule has 18 heavy (non-hydrogen) atoms. The topological polar surface area (TPSA) is 12.0 Å². The van der Waals surface area contributed by atoms with Gasteiger partial charge in [-0.2, -0.15) is 0 Å². The monoisotopic (exact) mass is 303 g/mol. The van der Waals surface area contributed by atoms with E-state index in [2.05, 4.69) is 78.4 Å². The lowest BCUT2D eigenvalue weighted by molar-refractivity contribution is 1.12. The van der Waals surface area contributed by atoms with Crippen LogP contribution in [0.3, 0.4) is 0 Å². The number of rotatable bonds is 3. The van der Waals surface area contributed by atoms with Crippen LogP contribution in [0.5, 0.6) is 0 Å². The molecule has 0 fully saturated rings. The molecule has 1 nitrogen and oxygen atoms in total. The maximum atomic E-state index is 3.61. The molecular weight excluding hydrogens is 286 g/mol. The first-order valence-corrected chi connectivity index (χ1v) is 6.92. The van der Waals surface area contributed by atoms with Crippen molar-refractivity contribution in [2.75, 3.05) is 5.32 Å². The maximum absolute atomic E-state index is 3.61. The number of anilines is 1. The first kappa shape index (κ1) is 13.2. The molecule has 2 aromatic rings. The van der Waals surface area contributed by atoms with Crippen LogP contribution in [0.2, 0.25) is 0 Å². The summed E-state index contributed by atoms with van der Waals surface area (Å²) in [6.07, 6.45) is 0. The average molecular weight is 304 g/mol. The normalized spacial score (nSPS) is 10.4. The van der Waals surface area contributed by atoms with Gasteiger partial charge in [0.15, 0.2) is 0 Å². The van der Waals surface area contributed by atoms with E-state index < -0.39 is 0 Å². The molecule has 0 radical (unpaired) electrons. The number of aryl methyl sites for hydroxylation is 3. The Kier molecular flexibility index (Phi) is 4.07. The number of hydrogen-bond donors (Lipinski definition) is 1. The van der Waals surface area contributed by atoms with Gasteiger partial charge in [-0.3, -0.25) is 0 Å². The summed E-state index contributed by atoms with van der Waals surface area (Å²) in [4.78, 5) is 0. The molecule has 0 unspecified atom stereocenters. The van der Waals surface area contributed by atoms with E-state index in [1.165, 1.54) is 32.4 Å². The van der Waals surface area contributed by atoms with Gasteiger partial charge >= 0.3 is 0 Å². The summed E-state index contributed by atoms with van der Waals surface area (Å²) < 4.78 is 1.17. The fraction of sp³-hybridized carbons (Fsp3) is 0.250. The molecule has 0 saturated carbocycles. The van der Waals surface area contributed by atoms with Crippen molar-refractivity contribution in [2.45, 2.75) is 27.3 Å². The van der Waals surface area contributed by atoms with Crippen molar-refractivity contribution in [1.82, 2.24) is 0 Å². The zero-order chi connectivity index (χ0) is 13.1. The lowest BCUT2D eigenvalue weighted by Gasteiger charge is -2.11. The molecular formula is C16H18BrN. The summed E-state index contributed by atoms with van der Waals surface area (Å²) in [5, 5.41) is 3.49. The molecule has 0 atom stereocenters. The Balaban J connectivity index is 2.11. The van der Waals surface area contributed by atoms with Crippen LogP contribution < -0.4 is 5.32 Å². The number of benzene rings is 2. The van der Waals surface area contributed by atoms with Gasteiger partial charge < -0.3 is 5.32 Å². The highest BCUT2D eigenvalue weighted by Gasteiger charge is 2.02. The molecule has 0 spiro atoms. The highest BCUT2D eigenvalue weighted by atomic mass is 79.9. The summed E-state index contributed by atoms with van der Waals surface area (Å²) in [5.74, 6) is 0. The van der Waals surface area contributed by atoms with Crippen molar-refractivity contribution >= 4 is 21.6 Å². The van der Waals surface area contributed by atoms with E-state index in [0.29, 0.717) is 0 Å². The third-order valence-corrected chi connectivity index (χ3v) is 3.80. The molecule has 0 saturated heterocycles. The van der Waals surface area contributed by atoms with Gasteiger partial charge in [0, 0.05) is 16.7 Å². The van der Waals surface area contributed by atoms with Crippen LogP contribution >= 0.6 is 15.9 Å². The van der Waals surface area contributed by atoms with E-state index in [1.54, 1.807) is 0 Å². The lowest BCUT2D eigenvalue weighted by Crippen LogP contribution is -2.02. The molecule has 2 aromatic carbocycles. The zero-order valence-electron chi connectivity index (χ0n) is 11.0. The molecule has 0 aliphatic carbocycles. The van der Waals surface area contributed by atoms with Crippen molar-refractivity contribution in [3.8, 4) is 0 Å². The molecule has 1 N–H and O–H groups in total. The third kappa shape index (κ3) is 3.14. The average Bonchev–Trinajstić information content (AvgIpc) is 2.30. The first-order valence-electron chi connectivity index (χ1n) is 6.12. The van der Waals surface area contributed by atoms with E-state index in [4.69, 9.17) is 0 Å². The van der Waals surface area contributed by atoms with Crippen molar-refractivity contribution in [2.24, 2.45) is 0 Å². The maximum Gasteiger partial charge on any atom is 0.0412 e. The van der Waals surface area contributed by atoms with Crippen LogP contribution in [0.4, 0.5) is 5.69 Å². The van der Waals surface area contributed by atoms with Crippen LogP contribution in [-0.4, -0.2) is 0 Å². The Hall–Kier alpha value is -1.28. The van der Waals surface area contributed by atoms with E-state index in [-0.39, 0.29) is 0 Å². The minimum atomic E-state index is 0.838. The molecule has 0 heterocycles. The van der Waals surface area contributed by atoms with Gasteiger partial charge in [-0.15, -0.1) is 0 Å². The van der Waals surface area contributed by atoms with Crippen LogP contribution in [0.25, 0.3) is 0 Å². The Morgan fingerprint density at radius 1 is 0.944 bits per heavy atom. The highest BCUT2D eigenvalue weighted by Crippen LogP contribution is 2.21. The molecule has 0 amide bonds. The van der Waals surface area contributed by atoms with Crippen LogP contribution in [-0.2, 0) is 6.54 Å². The molecule has 0 bridgehead atoms. The fourth-order valence-electron chi connectivity index (χ4n) is 2.00. The second-order valence-electron chi connectivity index (χ2n) is 4.77. The van der Waals surface area contributed by atoms with E-state index in [1.807, 2.05) is 0 Å². The van der Waals surface area contributed by atoms with Crippen molar-refractivity contribution in [1.29, 1.82) is 0 Å². The van der Waals surface area contributed by atoms with Gasteiger partial charge in [0.25, 0.3) is 0 Å². The van der Waals surface area contributed by atoms with Crippen LogP contribution in [0, 0.1) is 20.8 Å². The van der Waals surface area contributed by atoms with Gasteiger partial charge in [-0.05, 0) is 49.6 Å². The zero-order valence-corrected chi connectivity index (χ0v) is 12.6. The smallest absolute Gasteiger partial charge is 0.0412 e.